The van der Waals surface area contributed by atoms with Gasteiger partial charge < -0.3 is 10.6 Å². The fraction of sp³-hybridized carbons (Fsp3) is 0.562. The van der Waals surface area contributed by atoms with Crippen LogP contribution in [0.25, 0.3) is 0 Å². The lowest BCUT2D eigenvalue weighted by Gasteiger charge is -2.22. The van der Waals surface area contributed by atoms with Crippen molar-refractivity contribution in [3.63, 3.8) is 0 Å². The van der Waals surface area contributed by atoms with Crippen molar-refractivity contribution in [2.75, 3.05) is 31.1 Å². The molecule has 0 bridgehead atoms. The van der Waals surface area contributed by atoms with E-state index in [1.54, 1.807) is 23.1 Å². The van der Waals surface area contributed by atoms with Crippen molar-refractivity contribution >= 4 is 34.0 Å². The number of anilines is 1. The summed E-state index contributed by atoms with van der Waals surface area (Å²) in [4.78, 5) is 13.6. The van der Waals surface area contributed by atoms with Gasteiger partial charge in [-0.25, -0.2) is 8.42 Å². The van der Waals surface area contributed by atoms with Crippen LogP contribution in [0.5, 0.6) is 0 Å². The molecule has 0 aliphatic carbocycles. The molecule has 1 unspecified atom stereocenters. The van der Waals surface area contributed by atoms with Gasteiger partial charge in [-0.2, -0.15) is 4.31 Å². The molecule has 1 saturated heterocycles. The topological polar surface area (TPSA) is 83.7 Å². The largest absolute Gasteiger partial charge is 0.330 e. The third-order valence-electron chi connectivity index (χ3n) is 4.98. The summed E-state index contributed by atoms with van der Waals surface area (Å²) in [6, 6.07) is 5.06. The number of nitrogens with zero attached hydrogens (tertiary/aromatic N) is 2. The molecule has 2 heterocycles. The number of amides is 1. The molecule has 8 heteroatoms. The van der Waals surface area contributed by atoms with Crippen LogP contribution < -0.4 is 10.6 Å². The Morgan fingerprint density at radius 1 is 1.33 bits per heavy atom. The maximum atomic E-state index is 12.9. The van der Waals surface area contributed by atoms with Gasteiger partial charge in [0.25, 0.3) is 0 Å². The second-order valence-corrected chi connectivity index (χ2v) is 8.75. The van der Waals surface area contributed by atoms with Crippen LogP contribution in [0.15, 0.2) is 23.1 Å². The molecule has 1 aromatic rings. The Morgan fingerprint density at radius 3 is 2.62 bits per heavy atom. The molecule has 0 spiro atoms. The minimum atomic E-state index is -3.50. The Kier molecular flexibility index (Phi) is 5.30. The molecule has 1 amide bonds. The van der Waals surface area contributed by atoms with Gasteiger partial charge in [-0.3, -0.25) is 4.79 Å². The molecule has 2 N–H and O–H groups in total. The Hall–Kier alpha value is -1.15. The summed E-state index contributed by atoms with van der Waals surface area (Å²) in [6.45, 7) is 5.61. The molecule has 0 aromatic heterocycles. The lowest BCUT2D eigenvalue weighted by molar-refractivity contribution is -0.116. The minimum Gasteiger partial charge on any atom is -0.330 e. The van der Waals surface area contributed by atoms with Gasteiger partial charge in [0.2, 0.25) is 15.9 Å². The van der Waals surface area contributed by atoms with Crippen molar-refractivity contribution in [3.05, 3.63) is 23.8 Å². The SMILES string of the molecule is CC(=O)N1CCc2cc(S(=O)(=O)N3CCC(C)(CN)C3)ccc21.Cl. The highest BCUT2D eigenvalue weighted by atomic mass is 35.5. The number of sulfonamides is 1. The molecule has 134 valence electrons. The number of hydrogen-bond acceptors (Lipinski definition) is 4. The quantitative estimate of drug-likeness (QED) is 0.867. The van der Waals surface area contributed by atoms with Crippen LogP contribution in [0, 0.1) is 5.41 Å². The fourth-order valence-corrected chi connectivity index (χ4v) is 5.01. The third kappa shape index (κ3) is 3.18. The van der Waals surface area contributed by atoms with Gasteiger partial charge in [-0.15, -0.1) is 12.4 Å². The van der Waals surface area contributed by atoms with Gasteiger partial charge in [0.1, 0.15) is 0 Å². The molecular weight excluding hydrogens is 350 g/mol. The molecule has 1 atom stereocenters. The van der Waals surface area contributed by atoms with Crippen molar-refractivity contribution in [2.45, 2.75) is 31.6 Å². The van der Waals surface area contributed by atoms with Crippen LogP contribution in [-0.2, 0) is 21.2 Å². The predicted molar refractivity (Wildman–Crippen MR) is 96.0 cm³/mol. The summed E-state index contributed by atoms with van der Waals surface area (Å²) in [6.07, 6.45) is 1.48. The monoisotopic (exact) mass is 373 g/mol. The maximum Gasteiger partial charge on any atom is 0.243 e. The average molecular weight is 374 g/mol. The highest BCUT2D eigenvalue weighted by Crippen LogP contribution is 2.35. The van der Waals surface area contributed by atoms with Gasteiger partial charge in [0.05, 0.1) is 4.90 Å². The van der Waals surface area contributed by atoms with Crippen LogP contribution in [0.1, 0.15) is 25.8 Å². The summed E-state index contributed by atoms with van der Waals surface area (Å²) in [5.41, 5.74) is 7.37. The summed E-state index contributed by atoms with van der Waals surface area (Å²) >= 11 is 0. The Labute approximate surface area is 149 Å². The maximum absolute atomic E-state index is 12.9. The number of nitrogens with two attached hydrogens (primary N) is 1. The zero-order valence-corrected chi connectivity index (χ0v) is 15.6. The van der Waals surface area contributed by atoms with Crippen LogP contribution in [0.4, 0.5) is 5.69 Å². The van der Waals surface area contributed by atoms with Crippen LogP contribution >= 0.6 is 12.4 Å². The van der Waals surface area contributed by atoms with Crippen molar-refractivity contribution < 1.29 is 13.2 Å². The molecule has 24 heavy (non-hydrogen) atoms. The highest BCUT2D eigenvalue weighted by Gasteiger charge is 2.39. The smallest absolute Gasteiger partial charge is 0.243 e. The van der Waals surface area contributed by atoms with Crippen LogP contribution in [-0.4, -0.2) is 44.8 Å². The first-order valence-corrected chi connectivity index (χ1v) is 9.32. The Bertz CT molecular complexity index is 753. The standard InChI is InChI=1S/C16H23N3O3S.ClH/c1-12(20)19-7-5-13-9-14(3-4-15(13)19)23(21,22)18-8-6-16(2,10-17)11-18;/h3-4,9H,5-8,10-11,17H2,1-2H3;1H. The molecule has 1 aromatic carbocycles. The van der Waals surface area contributed by atoms with Crippen LogP contribution in [0.2, 0.25) is 0 Å². The van der Waals surface area contributed by atoms with Gasteiger partial charge in [0, 0.05) is 32.2 Å². The summed E-state index contributed by atoms with van der Waals surface area (Å²) in [5, 5.41) is 0. The Morgan fingerprint density at radius 2 is 2.04 bits per heavy atom. The average Bonchev–Trinajstić information content (AvgIpc) is 3.11. The molecule has 2 aliphatic rings. The van der Waals surface area contributed by atoms with E-state index in [2.05, 4.69) is 0 Å². The van der Waals surface area contributed by atoms with Crippen molar-refractivity contribution in [1.82, 2.24) is 4.31 Å². The normalized spacial score (nSPS) is 23.9. The molecule has 0 radical (unpaired) electrons. The summed E-state index contributed by atoms with van der Waals surface area (Å²) in [7, 11) is -3.50. The number of carbonyl (C=O) groups is 1. The highest BCUT2D eigenvalue weighted by molar-refractivity contribution is 7.89. The number of halogens is 1. The number of rotatable bonds is 3. The van der Waals surface area contributed by atoms with Crippen molar-refractivity contribution in [2.24, 2.45) is 11.1 Å². The number of hydrogen-bond donors (Lipinski definition) is 1. The first-order valence-electron chi connectivity index (χ1n) is 7.88. The molecule has 0 saturated carbocycles. The Balaban J connectivity index is 0.00000208. The number of carbonyl (C=O) groups excluding carboxylic acids is 1. The lowest BCUT2D eigenvalue weighted by Crippen LogP contribution is -2.34. The summed E-state index contributed by atoms with van der Waals surface area (Å²) in [5.74, 6) is -0.0161. The molecule has 3 rings (SSSR count). The second-order valence-electron chi connectivity index (χ2n) is 6.81. The van der Waals surface area contributed by atoms with Crippen molar-refractivity contribution in [1.29, 1.82) is 0 Å². The van der Waals surface area contributed by atoms with E-state index in [4.69, 9.17) is 5.73 Å². The van der Waals surface area contributed by atoms with Gasteiger partial charge >= 0.3 is 0 Å². The molecule has 1 fully saturated rings. The van der Waals surface area contributed by atoms with Gasteiger partial charge in [0.15, 0.2) is 0 Å². The summed E-state index contributed by atoms with van der Waals surface area (Å²) < 4.78 is 27.2. The van der Waals surface area contributed by atoms with E-state index < -0.39 is 10.0 Å². The minimum absolute atomic E-state index is 0. The second kappa shape index (κ2) is 6.63. The zero-order valence-electron chi connectivity index (χ0n) is 14.0. The number of benzene rings is 1. The zero-order chi connectivity index (χ0) is 16.8. The van der Waals surface area contributed by atoms with Crippen molar-refractivity contribution in [3.8, 4) is 0 Å². The predicted octanol–water partition coefficient (Wildman–Crippen LogP) is 1.38. The van der Waals surface area contributed by atoms with E-state index in [1.807, 2.05) is 6.92 Å². The van der Waals surface area contributed by atoms with Gasteiger partial charge in [-0.05, 0) is 48.6 Å². The lowest BCUT2D eigenvalue weighted by atomic mass is 9.90. The van der Waals surface area contributed by atoms with Gasteiger partial charge in [-0.1, -0.05) is 6.92 Å². The van der Waals surface area contributed by atoms with E-state index in [9.17, 15) is 13.2 Å². The van der Waals surface area contributed by atoms with E-state index in [-0.39, 0.29) is 23.7 Å². The first-order chi connectivity index (χ1) is 10.8. The van der Waals surface area contributed by atoms with E-state index in [0.717, 1.165) is 17.7 Å². The van der Waals surface area contributed by atoms with E-state index in [1.165, 1.54) is 11.2 Å². The number of fused-ring (bicyclic) bond motifs is 1. The fourth-order valence-electron chi connectivity index (χ4n) is 3.36. The first kappa shape index (κ1) is 19.2. The molecular formula is C16H24ClN3O3S. The molecule has 2 aliphatic heterocycles. The van der Waals surface area contributed by atoms with Crippen LogP contribution in [0.3, 0.4) is 0 Å². The molecule has 6 nitrogen and oxygen atoms in total. The van der Waals surface area contributed by atoms with E-state index in [0.29, 0.717) is 37.5 Å². The van der Waals surface area contributed by atoms with E-state index >= 15 is 0 Å². The third-order valence-corrected chi connectivity index (χ3v) is 6.82.